The topological polar surface area (TPSA) is 61.0 Å². The van der Waals surface area contributed by atoms with Gasteiger partial charge in [0.1, 0.15) is 0 Å². The summed E-state index contributed by atoms with van der Waals surface area (Å²) in [5.41, 5.74) is 0. The molecule has 0 saturated heterocycles. The Labute approximate surface area is 93.0 Å². The zero-order valence-electron chi connectivity index (χ0n) is 7.87. The molecule has 0 aromatic carbocycles. The lowest BCUT2D eigenvalue weighted by molar-refractivity contribution is -0.389. The van der Waals surface area contributed by atoms with Gasteiger partial charge < -0.3 is 10.1 Å². The largest absolute Gasteiger partial charge is 0.408 e. The highest BCUT2D eigenvalue weighted by atomic mass is 35.5. The van der Waals surface area contributed by atoms with Crippen molar-refractivity contribution in [3.8, 4) is 0 Å². The minimum absolute atomic E-state index is 0.0624. The molecular weight excluding hydrogens is 251 g/mol. The van der Waals surface area contributed by atoms with Crippen LogP contribution < -0.4 is 0 Å². The molecule has 1 rings (SSSR count). The van der Waals surface area contributed by atoms with E-state index in [1.165, 1.54) is 0 Å². The number of nitrogens with zero attached hydrogens (tertiary/aromatic N) is 3. The average molecular weight is 258 g/mol. The second-order valence-electron chi connectivity index (χ2n) is 3.04. The minimum atomic E-state index is -4.23. The highest BCUT2D eigenvalue weighted by Gasteiger charge is 2.27. The van der Waals surface area contributed by atoms with E-state index in [2.05, 4.69) is 5.10 Å². The third-order valence-corrected chi connectivity index (χ3v) is 1.99. The number of hydrogen-bond acceptors (Lipinski definition) is 3. The number of rotatable bonds is 4. The summed E-state index contributed by atoms with van der Waals surface area (Å²) in [5.74, 6) is -0.548. The Bertz CT molecular complexity index is 391. The smallest absolute Gasteiger partial charge is 0.358 e. The molecule has 0 spiro atoms. The molecule has 0 saturated carbocycles. The number of halogens is 4. The number of alkyl halides is 3. The quantitative estimate of drug-likeness (QED) is 0.615. The lowest BCUT2D eigenvalue weighted by atomic mass is 10.3. The zero-order chi connectivity index (χ0) is 12.3. The van der Waals surface area contributed by atoms with Crippen molar-refractivity contribution in [3.63, 3.8) is 0 Å². The van der Waals surface area contributed by atoms with Gasteiger partial charge in [-0.2, -0.15) is 17.9 Å². The van der Waals surface area contributed by atoms with E-state index in [0.717, 1.165) is 10.9 Å². The van der Waals surface area contributed by atoms with Gasteiger partial charge in [0.2, 0.25) is 0 Å². The van der Waals surface area contributed by atoms with Crippen LogP contribution in [-0.2, 0) is 6.54 Å². The number of aryl methyl sites for hydroxylation is 1. The van der Waals surface area contributed by atoms with Gasteiger partial charge in [0.05, 0.1) is 17.8 Å². The first-order valence-corrected chi connectivity index (χ1v) is 4.61. The maximum absolute atomic E-state index is 11.8. The van der Waals surface area contributed by atoms with E-state index in [0.29, 0.717) is 0 Å². The van der Waals surface area contributed by atoms with Crippen LogP contribution in [0.4, 0.5) is 19.0 Å². The van der Waals surface area contributed by atoms with Crippen molar-refractivity contribution in [1.82, 2.24) is 9.78 Å². The van der Waals surface area contributed by atoms with Crippen molar-refractivity contribution in [2.75, 3.05) is 0 Å². The van der Waals surface area contributed by atoms with Crippen molar-refractivity contribution < 1.29 is 18.1 Å². The third kappa shape index (κ3) is 3.69. The van der Waals surface area contributed by atoms with Gasteiger partial charge in [0.15, 0.2) is 5.02 Å². The van der Waals surface area contributed by atoms with E-state index in [1.54, 1.807) is 0 Å². The van der Waals surface area contributed by atoms with E-state index in [-0.39, 0.29) is 18.0 Å². The van der Waals surface area contributed by atoms with Crippen LogP contribution in [0, 0.1) is 10.1 Å². The predicted octanol–water partition coefficient (Wildman–Crippen LogP) is 2.79. The number of hydrogen-bond donors (Lipinski definition) is 0. The molecule has 9 heteroatoms. The lowest BCUT2D eigenvalue weighted by Crippen LogP contribution is -2.09. The summed E-state index contributed by atoms with van der Waals surface area (Å²) < 4.78 is 36.5. The fraction of sp³-hybridized carbons (Fsp3) is 0.571. The van der Waals surface area contributed by atoms with Crippen molar-refractivity contribution in [1.29, 1.82) is 0 Å². The van der Waals surface area contributed by atoms with Crippen LogP contribution in [0.3, 0.4) is 0 Å². The maximum Gasteiger partial charge on any atom is 0.408 e. The van der Waals surface area contributed by atoms with Gasteiger partial charge in [-0.15, -0.1) is 0 Å². The molecular formula is C7H7ClF3N3O2. The summed E-state index contributed by atoms with van der Waals surface area (Å²) in [5, 5.41) is 13.6. The first-order chi connectivity index (χ1) is 7.29. The van der Waals surface area contributed by atoms with Gasteiger partial charge >= 0.3 is 12.0 Å². The summed E-state index contributed by atoms with van der Waals surface area (Å²) in [6, 6.07) is 0. The molecule has 0 unspecified atom stereocenters. The van der Waals surface area contributed by atoms with Crippen LogP contribution in [0.1, 0.15) is 12.8 Å². The van der Waals surface area contributed by atoms with Gasteiger partial charge in [-0.3, -0.25) is 0 Å². The fourth-order valence-corrected chi connectivity index (χ4v) is 1.29. The molecule has 16 heavy (non-hydrogen) atoms. The molecule has 0 atom stereocenters. The normalized spacial score (nSPS) is 11.8. The highest BCUT2D eigenvalue weighted by molar-refractivity contribution is 6.32. The van der Waals surface area contributed by atoms with Crippen LogP contribution in [0.15, 0.2) is 6.20 Å². The van der Waals surface area contributed by atoms with Gasteiger partial charge in [0, 0.05) is 6.42 Å². The molecule has 1 aromatic rings. The van der Waals surface area contributed by atoms with Crippen LogP contribution in [0.5, 0.6) is 0 Å². The Morgan fingerprint density at radius 1 is 1.56 bits per heavy atom. The molecule has 0 radical (unpaired) electrons. The highest BCUT2D eigenvalue weighted by Crippen LogP contribution is 2.24. The Morgan fingerprint density at radius 3 is 2.62 bits per heavy atom. The van der Waals surface area contributed by atoms with Crippen molar-refractivity contribution in [3.05, 3.63) is 21.3 Å². The van der Waals surface area contributed by atoms with E-state index in [9.17, 15) is 23.3 Å². The van der Waals surface area contributed by atoms with Crippen molar-refractivity contribution >= 4 is 17.4 Å². The fourth-order valence-electron chi connectivity index (χ4n) is 1.07. The SMILES string of the molecule is O=[N+]([O-])c1nn(CCCC(F)(F)F)cc1Cl. The van der Waals surface area contributed by atoms with Gasteiger partial charge in [-0.05, 0) is 11.3 Å². The number of nitro groups is 1. The Kier molecular flexibility index (Phi) is 3.74. The minimum Gasteiger partial charge on any atom is -0.358 e. The number of aromatic nitrogens is 2. The summed E-state index contributed by atoms with van der Waals surface area (Å²) >= 11 is 5.46. The maximum atomic E-state index is 11.8. The average Bonchev–Trinajstić information content (AvgIpc) is 2.44. The Morgan fingerprint density at radius 2 is 2.19 bits per heavy atom. The van der Waals surface area contributed by atoms with Gasteiger partial charge in [0.25, 0.3) is 0 Å². The summed E-state index contributed by atoms with van der Waals surface area (Å²) in [7, 11) is 0. The molecule has 0 aliphatic rings. The van der Waals surface area contributed by atoms with E-state index < -0.39 is 23.3 Å². The Balaban J connectivity index is 2.56. The second kappa shape index (κ2) is 4.69. The van der Waals surface area contributed by atoms with Gasteiger partial charge in [-0.25, -0.2) is 0 Å². The zero-order valence-corrected chi connectivity index (χ0v) is 8.62. The van der Waals surface area contributed by atoms with E-state index in [1.807, 2.05) is 0 Å². The molecule has 0 aliphatic heterocycles. The van der Waals surface area contributed by atoms with Crippen molar-refractivity contribution in [2.45, 2.75) is 25.6 Å². The summed E-state index contributed by atoms with van der Waals surface area (Å²) in [4.78, 5) is 9.54. The molecule has 0 amide bonds. The second-order valence-corrected chi connectivity index (χ2v) is 3.45. The molecule has 0 fully saturated rings. The van der Waals surface area contributed by atoms with Crippen LogP contribution in [0.25, 0.3) is 0 Å². The van der Waals surface area contributed by atoms with Crippen LogP contribution >= 0.6 is 11.6 Å². The first kappa shape index (κ1) is 12.8. The lowest BCUT2D eigenvalue weighted by Gasteiger charge is -2.03. The summed E-state index contributed by atoms with van der Waals surface area (Å²) in [6.45, 7) is -0.0624. The Hall–Kier alpha value is -1.31. The molecule has 0 N–H and O–H groups in total. The molecule has 90 valence electrons. The summed E-state index contributed by atoms with van der Waals surface area (Å²) in [6.07, 6.45) is -4.25. The molecule has 1 heterocycles. The first-order valence-electron chi connectivity index (χ1n) is 4.23. The van der Waals surface area contributed by atoms with Crippen LogP contribution in [0.2, 0.25) is 5.02 Å². The molecule has 0 bridgehead atoms. The third-order valence-electron chi connectivity index (χ3n) is 1.72. The molecule has 5 nitrogen and oxygen atoms in total. The molecule has 0 aliphatic carbocycles. The van der Waals surface area contributed by atoms with E-state index >= 15 is 0 Å². The van der Waals surface area contributed by atoms with Crippen LogP contribution in [-0.4, -0.2) is 20.9 Å². The molecule has 1 aromatic heterocycles. The monoisotopic (exact) mass is 257 g/mol. The van der Waals surface area contributed by atoms with Gasteiger partial charge in [-0.1, -0.05) is 11.6 Å². The predicted molar refractivity (Wildman–Crippen MR) is 49.2 cm³/mol. The van der Waals surface area contributed by atoms with E-state index in [4.69, 9.17) is 11.6 Å². The standard InChI is InChI=1S/C7H7ClF3N3O2/c8-5-4-13(12-6(5)14(15)16)3-1-2-7(9,10)11/h4H,1-3H2. The van der Waals surface area contributed by atoms with Crippen molar-refractivity contribution in [2.24, 2.45) is 0 Å².